The fourth-order valence-corrected chi connectivity index (χ4v) is 3.84. The van der Waals surface area contributed by atoms with Gasteiger partial charge in [0.1, 0.15) is 4.90 Å². The molecule has 0 bridgehead atoms. The van der Waals surface area contributed by atoms with Crippen molar-refractivity contribution in [2.75, 3.05) is 13.1 Å². The predicted octanol–water partition coefficient (Wildman–Crippen LogP) is 2.79. The monoisotopic (exact) mass is 301 g/mol. The van der Waals surface area contributed by atoms with Crippen LogP contribution in [0.5, 0.6) is 0 Å². The maximum absolute atomic E-state index is 12.8. The van der Waals surface area contributed by atoms with Gasteiger partial charge in [0.15, 0.2) is 0 Å². The summed E-state index contributed by atoms with van der Waals surface area (Å²) in [5, 5.41) is 4.51. The maximum Gasteiger partial charge on any atom is 0.246 e. The molecule has 0 unspecified atom stereocenters. The van der Waals surface area contributed by atoms with Crippen molar-refractivity contribution in [3.63, 3.8) is 0 Å². The van der Waals surface area contributed by atoms with Crippen molar-refractivity contribution in [2.24, 2.45) is 0 Å². The van der Waals surface area contributed by atoms with Crippen molar-refractivity contribution in [2.45, 2.75) is 64.8 Å². The summed E-state index contributed by atoms with van der Waals surface area (Å²) in [7, 11) is -3.48. The van der Waals surface area contributed by atoms with E-state index in [4.69, 9.17) is 0 Å². The Kier molecular flexibility index (Phi) is 5.03. The van der Waals surface area contributed by atoms with Gasteiger partial charge in [-0.05, 0) is 13.8 Å². The molecule has 1 aromatic rings. The van der Waals surface area contributed by atoms with Crippen LogP contribution in [0, 0.1) is 0 Å². The average molecular weight is 301 g/mol. The van der Waals surface area contributed by atoms with E-state index in [0.717, 1.165) is 0 Å². The number of sulfonamides is 1. The Morgan fingerprint density at radius 3 is 2.10 bits per heavy atom. The number of hydrogen-bond donors (Lipinski definition) is 0. The van der Waals surface area contributed by atoms with Crippen LogP contribution in [0.4, 0.5) is 0 Å². The summed E-state index contributed by atoms with van der Waals surface area (Å²) in [6.45, 7) is 14.6. The molecule has 0 spiro atoms. The van der Waals surface area contributed by atoms with E-state index in [0.29, 0.717) is 23.7 Å². The van der Waals surface area contributed by atoms with Crippen molar-refractivity contribution in [3.05, 3.63) is 11.9 Å². The topological polar surface area (TPSA) is 55.2 Å². The molecule has 0 amide bonds. The highest BCUT2D eigenvalue weighted by Crippen LogP contribution is 2.30. The summed E-state index contributed by atoms with van der Waals surface area (Å²) in [6, 6.07) is 0.136. The third kappa shape index (κ3) is 3.23. The van der Waals surface area contributed by atoms with Gasteiger partial charge in [-0.1, -0.05) is 34.6 Å². The zero-order chi connectivity index (χ0) is 15.7. The van der Waals surface area contributed by atoms with E-state index >= 15 is 0 Å². The fraction of sp³-hybridized carbons (Fsp3) is 0.786. The molecule has 0 N–H and O–H groups in total. The lowest BCUT2D eigenvalue weighted by molar-refractivity contribution is 0.441. The van der Waals surface area contributed by atoms with Gasteiger partial charge in [0.25, 0.3) is 0 Å². The Bertz CT molecular complexity index is 549. The first-order valence-corrected chi connectivity index (χ1v) is 8.59. The van der Waals surface area contributed by atoms with Crippen LogP contribution in [-0.4, -0.2) is 35.6 Å². The van der Waals surface area contributed by atoms with Gasteiger partial charge < -0.3 is 0 Å². The Morgan fingerprint density at radius 1 is 1.25 bits per heavy atom. The summed E-state index contributed by atoms with van der Waals surface area (Å²) in [5.74, 6) is 0. The number of rotatable bonds is 5. The molecular formula is C14H27N3O2S. The highest BCUT2D eigenvalue weighted by atomic mass is 32.2. The van der Waals surface area contributed by atoms with Crippen molar-refractivity contribution >= 4 is 10.0 Å². The van der Waals surface area contributed by atoms with Crippen LogP contribution >= 0.6 is 0 Å². The minimum Gasteiger partial charge on any atom is -0.269 e. The van der Waals surface area contributed by atoms with Crippen LogP contribution in [0.3, 0.4) is 0 Å². The molecule has 0 fully saturated rings. The largest absolute Gasteiger partial charge is 0.269 e. The molecule has 0 saturated carbocycles. The maximum atomic E-state index is 12.8. The van der Waals surface area contributed by atoms with E-state index in [1.807, 2.05) is 48.5 Å². The van der Waals surface area contributed by atoms with E-state index in [1.165, 1.54) is 4.31 Å². The molecule has 6 heteroatoms. The van der Waals surface area contributed by atoms with Crippen LogP contribution in [0.1, 0.15) is 60.2 Å². The Hall–Kier alpha value is -0.880. The van der Waals surface area contributed by atoms with Crippen LogP contribution in [0.15, 0.2) is 11.1 Å². The first-order chi connectivity index (χ1) is 9.05. The minimum absolute atomic E-state index is 0.136. The van der Waals surface area contributed by atoms with Gasteiger partial charge in [-0.3, -0.25) is 4.68 Å². The third-order valence-electron chi connectivity index (χ3n) is 3.26. The zero-order valence-corrected chi connectivity index (χ0v) is 14.5. The quantitative estimate of drug-likeness (QED) is 0.840. The van der Waals surface area contributed by atoms with Crippen molar-refractivity contribution < 1.29 is 8.42 Å². The second kappa shape index (κ2) is 5.85. The first-order valence-electron chi connectivity index (χ1n) is 7.15. The molecule has 0 aliphatic rings. The molecule has 0 saturated heterocycles. The summed E-state index contributed by atoms with van der Waals surface area (Å²) in [4.78, 5) is 0.336. The molecular weight excluding hydrogens is 274 g/mol. The van der Waals surface area contributed by atoms with Gasteiger partial charge in [-0.2, -0.15) is 9.40 Å². The Balaban J connectivity index is 3.51. The normalized spacial score (nSPS) is 13.4. The number of hydrogen-bond acceptors (Lipinski definition) is 3. The van der Waals surface area contributed by atoms with Gasteiger partial charge in [0.2, 0.25) is 10.0 Å². The second-order valence-corrected chi connectivity index (χ2v) is 8.16. The van der Waals surface area contributed by atoms with E-state index < -0.39 is 10.0 Å². The van der Waals surface area contributed by atoms with Gasteiger partial charge in [0.05, 0.1) is 5.69 Å². The molecule has 1 rings (SSSR count). The molecule has 5 nitrogen and oxygen atoms in total. The van der Waals surface area contributed by atoms with Gasteiger partial charge in [0, 0.05) is 30.7 Å². The zero-order valence-electron chi connectivity index (χ0n) is 13.6. The molecule has 1 aromatic heterocycles. The summed E-state index contributed by atoms with van der Waals surface area (Å²) < 4.78 is 28.8. The lowest BCUT2D eigenvalue weighted by Crippen LogP contribution is -2.32. The van der Waals surface area contributed by atoms with Crippen LogP contribution in [0.25, 0.3) is 0 Å². The third-order valence-corrected chi connectivity index (χ3v) is 5.31. The van der Waals surface area contributed by atoms with Crippen LogP contribution < -0.4 is 0 Å². The second-order valence-electron chi connectivity index (χ2n) is 6.26. The SMILES string of the molecule is CCN(CC)S(=O)(=O)c1cn(C(C)C)nc1C(C)(C)C. The average Bonchev–Trinajstić information content (AvgIpc) is 2.75. The molecule has 0 aliphatic carbocycles. The smallest absolute Gasteiger partial charge is 0.246 e. The fourth-order valence-electron chi connectivity index (χ4n) is 2.05. The molecule has 0 aliphatic heterocycles. The molecule has 116 valence electrons. The highest BCUT2D eigenvalue weighted by Gasteiger charge is 2.33. The molecule has 0 aromatic carbocycles. The van der Waals surface area contributed by atoms with Crippen LogP contribution in [0.2, 0.25) is 0 Å². The van der Waals surface area contributed by atoms with Crippen molar-refractivity contribution in [3.8, 4) is 0 Å². The van der Waals surface area contributed by atoms with Crippen molar-refractivity contribution in [1.29, 1.82) is 0 Å². The Labute approximate surface area is 123 Å². The minimum atomic E-state index is -3.48. The number of nitrogens with zero attached hydrogens (tertiary/aromatic N) is 3. The summed E-state index contributed by atoms with van der Waals surface area (Å²) in [5.41, 5.74) is 0.327. The van der Waals surface area contributed by atoms with Crippen molar-refractivity contribution in [1.82, 2.24) is 14.1 Å². The van der Waals surface area contributed by atoms with Gasteiger partial charge >= 0.3 is 0 Å². The molecule has 1 heterocycles. The predicted molar refractivity (Wildman–Crippen MR) is 81.4 cm³/mol. The summed E-state index contributed by atoms with van der Waals surface area (Å²) in [6.07, 6.45) is 1.67. The van der Waals surface area contributed by atoms with E-state index in [9.17, 15) is 8.42 Å². The molecule has 20 heavy (non-hydrogen) atoms. The Morgan fingerprint density at radius 2 is 1.75 bits per heavy atom. The molecule has 0 atom stereocenters. The number of aromatic nitrogens is 2. The van der Waals surface area contributed by atoms with Gasteiger partial charge in [-0.25, -0.2) is 8.42 Å². The standard InChI is InChI=1S/C14H27N3O2S/c1-8-16(9-2)20(18,19)12-10-17(11(3)4)15-13(12)14(5,6)7/h10-11H,8-9H2,1-7H3. The van der Waals surface area contributed by atoms with Gasteiger partial charge in [-0.15, -0.1) is 0 Å². The first kappa shape index (κ1) is 17.2. The molecule has 0 radical (unpaired) electrons. The lowest BCUT2D eigenvalue weighted by atomic mass is 9.92. The van der Waals surface area contributed by atoms with Crippen LogP contribution in [-0.2, 0) is 15.4 Å². The van der Waals surface area contributed by atoms with E-state index in [2.05, 4.69) is 5.10 Å². The highest BCUT2D eigenvalue weighted by molar-refractivity contribution is 7.89. The van der Waals surface area contributed by atoms with E-state index in [-0.39, 0.29) is 11.5 Å². The summed E-state index contributed by atoms with van der Waals surface area (Å²) >= 11 is 0. The lowest BCUT2D eigenvalue weighted by Gasteiger charge is -2.22. The van der Waals surface area contributed by atoms with E-state index in [1.54, 1.807) is 10.9 Å².